The van der Waals surface area contributed by atoms with Crippen molar-refractivity contribution in [2.75, 3.05) is 0 Å². The first-order chi connectivity index (χ1) is 6.29. The molecule has 0 fully saturated rings. The highest BCUT2D eigenvalue weighted by atomic mass is 15.4. The van der Waals surface area contributed by atoms with Crippen molar-refractivity contribution in [1.29, 1.82) is 0 Å². The molecule has 0 N–H and O–H groups in total. The van der Waals surface area contributed by atoms with Crippen molar-refractivity contribution in [3.63, 3.8) is 0 Å². The van der Waals surface area contributed by atoms with Gasteiger partial charge in [-0.3, -0.25) is 0 Å². The highest BCUT2D eigenvalue weighted by Gasteiger charge is 2.06. The quantitative estimate of drug-likeness (QED) is 0.698. The predicted molar refractivity (Wildman–Crippen MR) is 53.7 cm³/mol. The number of aryl methyl sites for hydroxylation is 2. The van der Waals surface area contributed by atoms with Crippen LogP contribution in [0.1, 0.15) is 44.5 Å². The Kier molecular flexibility index (Phi) is 3.93. The Bertz CT molecular complexity index is 253. The number of aromatic nitrogens is 3. The summed E-state index contributed by atoms with van der Waals surface area (Å²) in [6, 6.07) is 0. The summed E-state index contributed by atoms with van der Waals surface area (Å²) in [6.07, 6.45) is 4.63. The molecule has 0 aliphatic heterocycles. The van der Waals surface area contributed by atoms with Crippen molar-refractivity contribution in [2.24, 2.45) is 0 Å². The van der Waals surface area contributed by atoms with Crippen molar-refractivity contribution in [1.82, 2.24) is 15.0 Å². The Labute approximate surface area is 80.1 Å². The van der Waals surface area contributed by atoms with Crippen LogP contribution < -0.4 is 0 Å². The molecule has 0 saturated heterocycles. The van der Waals surface area contributed by atoms with Crippen LogP contribution in [0.25, 0.3) is 0 Å². The van der Waals surface area contributed by atoms with Crippen LogP contribution in [0, 0.1) is 6.92 Å². The van der Waals surface area contributed by atoms with Gasteiger partial charge in [0, 0.05) is 6.54 Å². The van der Waals surface area contributed by atoms with E-state index in [9.17, 15) is 0 Å². The van der Waals surface area contributed by atoms with E-state index in [0.29, 0.717) is 0 Å². The second-order valence-corrected chi connectivity index (χ2v) is 3.45. The van der Waals surface area contributed by atoms with Crippen molar-refractivity contribution in [3.05, 3.63) is 11.4 Å². The standard InChI is InChI=1S/C10H19N3/c1-4-6-7-10-9(3)13(8-5-2)12-11-10/h4-8H2,1-3H3. The molecule has 3 heteroatoms. The van der Waals surface area contributed by atoms with Gasteiger partial charge in [-0.1, -0.05) is 25.5 Å². The summed E-state index contributed by atoms with van der Waals surface area (Å²) in [5.74, 6) is 0. The van der Waals surface area contributed by atoms with Crippen LogP contribution in [0.2, 0.25) is 0 Å². The molecule has 1 aromatic rings. The smallest absolute Gasteiger partial charge is 0.0856 e. The fraction of sp³-hybridized carbons (Fsp3) is 0.800. The highest BCUT2D eigenvalue weighted by Crippen LogP contribution is 2.07. The molecule has 0 spiro atoms. The van der Waals surface area contributed by atoms with Crippen LogP contribution in [-0.4, -0.2) is 15.0 Å². The van der Waals surface area contributed by atoms with E-state index < -0.39 is 0 Å². The highest BCUT2D eigenvalue weighted by molar-refractivity contribution is 5.07. The largest absolute Gasteiger partial charge is 0.249 e. The van der Waals surface area contributed by atoms with Crippen LogP contribution >= 0.6 is 0 Å². The number of hydrogen-bond donors (Lipinski definition) is 0. The fourth-order valence-electron chi connectivity index (χ4n) is 1.40. The summed E-state index contributed by atoms with van der Waals surface area (Å²) in [5.41, 5.74) is 2.42. The van der Waals surface area contributed by atoms with Crippen molar-refractivity contribution in [2.45, 2.75) is 53.0 Å². The van der Waals surface area contributed by atoms with Crippen molar-refractivity contribution >= 4 is 0 Å². The summed E-state index contributed by atoms with van der Waals surface area (Å²) < 4.78 is 2.00. The molecule has 0 aliphatic rings. The lowest BCUT2D eigenvalue weighted by atomic mass is 10.2. The molecule has 0 radical (unpaired) electrons. The second kappa shape index (κ2) is 5.00. The lowest BCUT2D eigenvalue weighted by molar-refractivity contribution is 0.566. The molecule has 1 heterocycles. The van der Waals surface area contributed by atoms with Crippen LogP contribution in [-0.2, 0) is 13.0 Å². The van der Waals surface area contributed by atoms with Gasteiger partial charge in [0.25, 0.3) is 0 Å². The van der Waals surface area contributed by atoms with Gasteiger partial charge in [0.2, 0.25) is 0 Å². The van der Waals surface area contributed by atoms with Gasteiger partial charge in [-0.05, 0) is 26.2 Å². The Morgan fingerprint density at radius 2 is 2.00 bits per heavy atom. The first-order valence-corrected chi connectivity index (χ1v) is 5.18. The van der Waals surface area contributed by atoms with Gasteiger partial charge >= 0.3 is 0 Å². The minimum absolute atomic E-state index is 0.991. The zero-order valence-corrected chi connectivity index (χ0v) is 8.88. The molecule has 0 aromatic carbocycles. The fourth-order valence-corrected chi connectivity index (χ4v) is 1.40. The van der Waals surface area contributed by atoms with Crippen molar-refractivity contribution < 1.29 is 0 Å². The molecule has 3 nitrogen and oxygen atoms in total. The monoisotopic (exact) mass is 181 g/mol. The van der Waals surface area contributed by atoms with Gasteiger partial charge in [0.1, 0.15) is 0 Å². The molecule has 0 amide bonds. The minimum atomic E-state index is 0.991. The third kappa shape index (κ3) is 2.54. The molecule has 0 aliphatic carbocycles. The molecular formula is C10H19N3. The number of nitrogens with zero attached hydrogens (tertiary/aromatic N) is 3. The van der Waals surface area contributed by atoms with E-state index in [1.807, 2.05) is 4.68 Å². The first-order valence-electron chi connectivity index (χ1n) is 5.18. The number of hydrogen-bond acceptors (Lipinski definition) is 2. The maximum Gasteiger partial charge on any atom is 0.0856 e. The molecule has 0 atom stereocenters. The van der Waals surface area contributed by atoms with Gasteiger partial charge in [0.15, 0.2) is 0 Å². The van der Waals surface area contributed by atoms with Gasteiger partial charge in [-0.25, -0.2) is 4.68 Å². The SMILES string of the molecule is CCCCc1nnn(CCC)c1C. The Balaban J connectivity index is 2.62. The average molecular weight is 181 g/mol. The Morgan fingerprint density at radius 1 is 1.23 bits per heavy atom. The van der Waals surface area contributed by atoms with E-state index in [1.54, 1.807) is 0 Å². The van der Waals surface area contributed by atoms with E-state index >= 15 is 0 Å². The molecule has 1 rings (SSSR count). The molecule has 74 valence electrons. The minimum Gasteiger partial charge on any atom is -0.249 e. The molecule has 13 heavy (non-hydrogen) atoms. The van der Waals surface area contributed by atoms with Crippen LogP contribution in [0.4, 0.5) is 0 Å². The number of rotatable bonds is 5. The average Bonchev–Trinajstić information content (AvgIpc) is 2.46. The first kappa shape index (κ1) is 10.2. The van der Waals surface area contributed by atoms with Crippen molar-refractivity contribution in [3.8, 4) is 0 Å². The summed E-state index contributed by atoms with van der Waals surface area (Å²) in [6.45, 7) is 7.46. The molecule has 0 unspecified atom stereocenters. The zero-order valence-electron chi connectivity index (χ0n) is 8.88. The molecular weight excluding hydrogens is 162 g/mol. The summed E-state index contributed by atoms with van der Waals surface area (Å²) in [4.78, 5) is 0. The van der Waals surface area contributed by atoms with Gasteiger partial charge < -0.3 is 0 Å². The second-order valence-electron chi connectivity index (χ2n) is 3.45. The third-order valence-electron chi connectivity index (χ3n) is 2.28. The Hall–Kier alpha value is -0.860. The summed E-state index contributed by atoms with van der Waals surface area (Å²) in [5, 5.41) is 8.31. The summed E-state index contributed by atoms with van der Waals surface area (Å²) in [7, 11) is 0. The predicted octanol–water partition coefficient (Wildman–Crippen LogP) is 2.34. The lowest BCUT2D eigenvalue weighted by Gasteiger charge is -2.00. The molecule has 0 saturated carbocycles. The van der Waals surface area contributed by atoms with Crippen LogP contribution in [0.15, 0.2) is 0 Å². The maximum atomic E-state index is 4.18. The van der Waals surface area contributed by atoms with Crippen LogP contribution in [0.5, 0.6) is 0 Å². The number of unbranched alkanes of at least 4 members (excludes halogenated alkanes) is 1. The van der Waals surface area contributed by atoms with Gasteiger partial charge in [-0.15, -0.1) is 5.10 Å². The third-order valence-corrected chi connectivity index (χ3v) is 2.28. The van der Waals surface area contributed by atoms with E-state index in [2.05, 4.69) is 31.1 Å². The van der Waals surface area contributed by atoms with E-state index in [-0.39, 0.29) is 0 Å². The maximum absolute atomic E-state index is 4.18. The molecule has 0 bridgehead atoms. The molecule has 1 aromatic heterocycles. The van der Waals surface area contributed by atoms with Gasteiger partial charge in [-0.2, -0.15) is 0 Å². The van der Waals surface area contributed by atoms with Crippen LogP contribution in [0.3, 0.4) is 0 Å². The normalized spacial score (nSPS) is 10.7. The topological polar surface area (TPSA) is 30.7 Å². The van der Waals surface area contributed by atoms with E-state index in [4.69, 9.17) is 0 Å². The van der Waals surface area contributed by atoms with E-state index in [0.717, 1.165) is 19.4 Å². The Morgan fingerprint density at radius 3 is 2.62 bits per heavy atom. The van der Waals surface area contributed by atoms with Gasteiger partial charge in [0.05, 0.1) is 11.4 Å². The lowest BCUT2D eigenvalue weighted by Crippen LogP contribution is -2.01. The summed E-state index contributed by atoms with van der Waals surface area (Å²) >= 11 is 0. The zero-order chi connectivity index (χ0) is 9.68. The van der Waals surface area contributed by atoms with E-state index in [1.165, 1.54) is 24.2 Å².